The summed E-state index contributed by atoms with van der Waals surface area (Å²) in [5.74, 6) is 1.20. The zero-order valence-corrected chi connectivity index (χ0v) is 19.2. The molecule has 6 heteroatoms. The van der Waals surface area contributed by atoms with Crippen LogP contribution in [0, 0.1) is 0 Å². The molecule has 0 spiro atoms. The molecule has 0 saturated carbocycles. The molecule has 172 valence electrons. The lowest BCUT2D eigenvalue weighted by molar-refractivity contribution is -0.134. The van der Waals surface area contributed by atoms with E-state index in [1.54, 1.807) is 0 Å². The minimum atomic E-state index is -0.155. The number of carbonyl (C=O) groups excluding carboxylic acids is 2. The van der Waals surface area contributed by atoms with Crippen LogP contribution in [-0.4, -0.2) is 52.8 Å². The fourth-order valence-electron chi connectivity index (χ4n) is 5.27. The normalized spacial score (nSPS) is 18.1. The first-order valence-electron chi connectivity index (χ1n) is 12.0. The average molecular weight is 446 g/mol. The molecule has 2 aliphatic rings. The number of benzene rings is 2. The van der Waals surface area contributed by atoms with Gasteiger partial charge in [0.1, 0.15) is 5.75 Å². The van der Waals surface area contributed by atoms with Gasteiger partial charge in [-0.3, -0.25) is 9.59 Å². The Morgan fingerprint density at radius 3 is 2.67 bits per heavy atom. The van der Waals surface area contributed by atoms with E-state index in [0.717, 1.165) is 41.9 Å². The Kier molecular flexibility index (Phi) is 6.07. The number of hydrogen-bond donors (Lipinski definition) is 1. The summed E-state index contributed by atoms with van der Waals surface area (Å²) in [6.45, 7) is 4.78. The summed E-state index contributed by atoms with van der Waals surface area (Å²) >= 11 is 0. The van der Waals surface area contributed by atoms with E-state index in [1.165, 1.54) is 10.9 Å². The Labute approximate surface area is 194 Å². The second kappa shape index (κ2) is 9.30. The molecule has 3 aromatic rings. The van der Waals surface area contributed by atoms with E-state index >= 15 is 0 Å². The van der Waals surface area contributed by atoms with E-state index < -0.39 is 0 Å². The molecular weight excluding hydrogens is 414 g/mol. The number of H-pyrrole nitrogens is 1. The Hall–Kier alpha value is -3.28. The highest BCUT2D eigenvalue weighted by atomic mass is 16.5. The van der Waals surface area contributed by atoms with Crippen LogP contribution in [0.15, 0.2) is 48.5 Å². The van der Waals surface area contributed by atoms with Crippen LogP contribution in [0.1, 0.15) is 55.5 Å². The molecule has 1 N–H and O–H groups in total. The summed E-state index contributed by atoms with van der Waals surface area (Å²) in [6, 6.07) is 16.3. The molecule has 2 aliphatic heterocycles. The lowest BCUT2D eigenvalue weighted by Crippen LogP contribution is -2.40. The summed E-state index contributed by atoms with van der Waals surface area (Å²) in [5.41, 5.74) is 4.60. The Morgan fingerprint density at radius 1 is 1.09 bits per heavy atom. The minimum Gasteiger partial charge on any atom is -0.494 e. The number of rotatable bonds is 7. The Morgan fingerprint density at radius 2 is 1.91 bits per heavy atom. The number of ether oxygens (including phenoxy) is 1. The maximum Gasteiger partial charge on any atom is 0.223 e. The average Bonchev–Trinajstić information content (AvgIpc) is 3.42. The first-order chi connectivity index (χ1) is 16.2. The zero-order valence-electron chi connectivity index (χ0n) is 19.2. The number of nitrogens with zero attached hydrogens (tertiary/aromatic N) is 2. The van der Waals surface area contributed by atoms with Gasteiger partial charge in [0.15, 0.2) is 0 Å². The minimum absolute atomic E-state index is 0.143. The van der Waals surface area contributed by atoms with E-state index in [1.807, 2.05) is 34.9 Å². The van der Waals surface area contributed by atoms with Crippen molar-refractivity contribution in [3.63, 3.8) is 0 Å². The van der Waals surface area contributed by atoms with E-state index in [2.05, 4.69) is 35.3 Å². The summed E-state index contributed by atoms with van der Waals surface area (Å²) in [7, 11) is 0. The Balaban J connectivity index is 1.42. The fourth-order valence-corrected chi connectivity index (χ4v) is 5.27. The monoisotopic (exact) mass is 445 g/mol. The molecule has 3 heterocycles. The molecule has 1 aromatic heterocycles. The van der Waals surface area contributed by atoms with Gasteiger partial charge >= 0.3 is 0 Å². The number of aromatic nitrogens is 1. The lowest BCUT2D eigenvalue weighted by Gasteiger charge is -2.36. The van der Waals surface area contributed by atoms with Crippen LogP contribution < -0.4 is 4.74 Å². The molecule has 0 radical (unpaired) electrons. The molecular formula is C27H31N3O3. The van der Waals surface area contributed by atoms with Gasteiger partial charge in [-0.25, -0.2) is 0 Å². The van der Waals surface area contributed by atoms with Crippen LogP contribution in [0.25, 0.3) is 10.9 Å². The number of para-hydroxylation sites is 1. The van der Waals surface area contributed by atoms with Crippen molar-refractivity contribution >= 4 is 22.7 Å². The molecule has 0 aliphatic carbocycles. The Bertz CT molecular complexity index is 1150. The number of aromatic amines is 1. The number of amides is 2. The van der Waals surface area contributed by atoms with Crippen LogP contribution in [0.5, 0.6) is 5.75 Å². The van der Waals surface area contributed by atoms with Crippen LogP contribution in [0.4, 0.5) is 0 Å². The molecule has 1 saturated heterocycles. The highest BCUT2D eigenvalue weighted by Crippen LogP contribution is 2.39. The first kappa shape index (κ1) is 21.6. The van der Waals surface area contributed by atoms with Crippen molar-refractivity contribution in [3.05, 3.63) is 65.4 Å². The van der Waals surface area contributed by atoms with Gasteiger partial charge in [0, 0.05) is 49.1 Å². The smallest absolute Gasteiger partial charge is 0.223 e. The molecule has 1 atom stereocenters. The number of likely N-dealkylation sites (tertiary alicyclic amines) is 1. The number of hydrogen-bond acceptors (Lipinski definition) is 3. The fraction of sp³-hybridized carbons (Fsp3) is 0.407. The van der Waals surface area contributed by atoms with E-state index in [4.69, 9.17) is 4.74 Å². The SMILES string of the molecule is CCOc1ccc([C@@H]2c3[nH]c4ccccc4c3CCN2C(=O)CCCN2CCCC2=O)cc1. The van der Waals surface area contributed by atoms with Crippen molar-refractivity contribution < 1.29 is 14.3 Å². The summed E-state index contributed by atoms with van der Waals surface area (Å²) in [5, 5.41) is 1.24. The van der Waals surface area contributed by atoms with Crippen molar-refractivity contribution in [2.45, 2.75) is 45.1 Å². The van der Waals surface area contributed by atoms with Gasteiger partial charge in [0.25, 0.3) is 0 Å². The van der Waals surface area contributed by atoms with Crippen molar-refractivity contribution in [2.75, 3.05) is 26.2 Å². The van der Waals surface area contributed by atoms with Gasteiger partial charge in [0.05, 0.1) is 12.6 Å². The molecule has 33 heavy (non-hydrogen) atoms. The summed E-state index contributed by atoms with van der Waals surface area (Å²) in [4.78, 5) is 32.8. The highest BCUT2D eigenvalue weighted by molar-refractivity contribution is 5.86. The molecule has 1 fully saturated rings. The topological polar surface area (TPSA) is 65.6 Å². The zero-order chi connectivity index (χ0) is 22.8. The highest BCUT2D eigenvalue weighted by Gasteiger charge is 2.34. The van der Waals surface area contributed by atoms with E-state index in [0.29, 0.717) is 39.0 Å². The summed E-state index contributed by atoms with van der Waals surface area (Å²) < 4.78 is 5.63. The summed E-state index contributed by atoms with van der Waals surface area (Å²) in [6.07, 6.45) is 3.57. The molecule has 5 rings (SSSR count). The van der Waals surface area contributed by atoms with Gasteiger partial charge < -0.3 is 19.5 Å². The predicted molar refractivity (Wildman–Crippen MR) is 128 cm³/mol. The van der Waals surface area contributed by atoms with Gasteiger partial charge in [0.2, 0.25) is 11.8 Å². The second-order valence-corrected chi connectivity index (χ2v) is 8.89. The van der Waals surface area contributed by atoms with E-state index in [9.17, 15) is 9.59 Å². The van der Waals surface area contributed by atoms with Gasteiger partial charge in [-0.1, -0.05) is 30.3 Å². The van der Waals surface area contributed by atoms with Gasteiger partial charge in [-0.2, -0.15) is 0 Å². The number of fused-ring (bicyclic) bond motifs is 3. The quantitative estimate of drug-likeness (QED) is 0.585. The molecule has 2 amide bonds. The molecule has 0 bridgehead atoms. The van der Waals surface area contributed by atoms with E-state index in [-0.39, 0.29) is 17.9 Å². The van der Waals surface area contributed by atoms with Crippen LogP contribution in [-0.2, 0) is 16.0 Å². The maximum atomic E-state index is 13.4. The van der Waals surface area contributed by atoms with Crippen LogP contribution in [0.3, 0.4) is 0 Å². The number of carbonyl (C=O) groups is 2. The van der Waals surface area contributed by atoms with Crippen LogP contribution in [0.2, 0.25) is 0 Å². The second-order valence-electron chi connectivity index (χ2n) is 8.89. The van der Waals surface area contributed by atoms with Crippen molar-refractivity contribution in [1.82, 2.24) is 14.8 Å². The van der Waals surface area contributed by atoms with Gasteiger partial charge in [-0.15, -0.1) is 0 Å². The molecule has 2 aromatic carbocycles. The van der Waals surface area contributed by atoms with Crippen molar-refractivity contribution in [2.24, 2.45) is 0 Å². The maximum absolute atomic E-state index is 13.4. The largest absolute Gasteiger partial charge is 0.494 e. The van der Waals surface area contributed by atoms with Gasteiger partial charge in [-0.05, 0) is 55.5 Å². The number of nitrogens with one attached hydrogen (secondary N) is 1. The van der Waals surface area contributed by atoms with Crippen molar-refractivity contribution in [3.8, 4) is 5.75 Å². The molecule has 6 nitrogen and oxygen atoms in total. The predicted octanol–water partition coefficient (Wildman–Crippen LogP) is 4.44. The lowest BCUT2D eigenvalue weighted by atomic mass is 9.92. The third kappa shape index (κ3) is 4.22. The standard InChI is InChI=1S/C27H31N3O3/c1-2-33-20-13-11-19(12-14-20)27-26-22(21-7-3-4-8-23(21)28-26)15-18-30(27)25(32)10-6-17-29-16-5-9-24(29)31/h3-4,7-8,11-14,27-28H,2,5-6,9-10,15-18H2,1H3/t27-/m1/s1. The van der Waals surface area contributed by atoms with Crippen molar-refractivity contribution in [1.29, 1.82) is 0 Å². The third-order valence-corrected chi connectivity index (χ3v) is 6.85. The van der Waals surface area contributed by atoms with Crippen LogP contribution >= 0.6 is 0 Å². The third-order valence-electron chi connectivity index (χ3n) is 6.85. The first-order valence-corrected chi connectivity index (χ1v) is 12.0. The molecule has 0 unspecified atom stereocenters.